The number of hydrogen-bond acceptors (Lipinski definition) is 10. The largest absolute Gasteiger partial charge is 0.378 e. The van der Waals surface area contributed by atoms with Crippen molar-refractivity contribution in [3.8, 4) is 11.8 Å². The zero-order valence-electron chi connectivity index (χ0n) is 25.6. The fourth-order valence-electron chi connectivity index (χ4n) is 5.97. The molecule has 234 valence electrons. The first kappa shape index (κ1) is 31.4. The highest BCUT2D eigenvalue weighted by Gasteiger charge is 2.32. The Morgan fingerprint density at radius 1 is 1.16 bits per heavy atom. The van der Waals surface area contributed by atoms with E-state index in [0.717, 1.165) is 22.0 Å². The van der Waals surface area contributed by atoms with Crippen LogP contribution in [0.5, 0.6) is 0 Å². The molecule has 0 unspecified atom stereocenters. The highest BCUT2D eigenvalue weighted by molar-refractivity contribution is 7.90. The van der Waals surface area contributed by atoms with Crippen LogP contribution in [0.4, 0.5) is 33.3 Å². The molecule has 2 N–H and O–H groups in total. The number of sulfone groups is 1. The minimum absolute atomic E-state index is 0.0302. The Hall–Kier alpha value is -4.02. The van der Waals surface area contributed by atoms with Crippen LogP contribution < -0.4 is 20.4 Å². The van der Waals surface area contributed by atoms with E-state index >= 15 is 0 Å². The van der Waals surface area contributed by atoms with E-state index in [0.29, 0.717) is 49.3 Å². The van der Waals surface area contributed by atoms with Crippen LogP contribution >= 0.6 is 0 Å². The van der Waals surface area contributed by atoms with E-state index in [1.54, 1.807) is 30.3 Å². The van der Waals surface area contributed by atoms with Crippen LogP contribution in [0.3, 0.4) is 0 Å². The van der Waals surface area contributed by atoms with Crippen molar-refractivity contribution >= 4 is 55.5 Å². The molecular weight excluding hydrogens is 585 g/mol. The number of methoxy groups -OCH3 is 1. The summed E-state index contributed by atoms with van der Waals surface area (Å²) in [5, 5.41) is 8.00. The van der Waals surface area contributed by atoms with Crippen LogP contribution in [0.1, 0.15) is 38.7 Å². The predicted molar refractivity (Wildman–Crippen MR) is 171 cm³/mol. The van der Waals surface area contributed by atoms with Gasteiger partial charge < -0.3 is 25.2 Å². The van der Waals surface area contributed by atoms with Crippen molar-refractivity contribution in [3.63, 3.8) is 0 Å². The standard InChI is InChI=1S/C31H38FN7O4S/c1-6-7-29(40)35-24-13-25(39-15-20(16-39)18-44(5,41)42)22-14-34-28(12-21(22)30(24)19(2)3)36-27-8-10-33-31(37-27)38-11-9-26(43-4)23(32)17-38/h8,10,12-14,19-20,23,26H,9,11,15-18H2,1-5H3,(H,35,40)(H,33,34,36,37)/t23-,26+/m0/s1. The number of anilines is 5. The minimum Gasteiger partial charge on any atom is -0.378 e. The summed E-state index contributed by atoms with van der Waals surface area (Å²) in [6, 6.07) is 5.58. The molecule has 1 amide bonds. The number of fused-ring (bicyclic) bond motifs is 1. The van der Waals surface area contributed by atoms with Gasteiger partial charge in [0, 0.05) is 68.1 Å². The van der Waals surface area contributed by atoms with Gasteiger partial charge in [0.2, 0.25) is 5.95 Å². The summed E-state index contributed by atoms with van der Waals surface area (Å²) in [6.07, 6.45) is 3.64. The third-order valence-electron chi connectivity index (χ3n) is 7.91. The maximum Gasteiger partial charge on any atom is 0.300 e. The molecule has 0 bridgehead atoms. The van der Waals surface area contributed by atoms with Crippen LogP contribution in [0, 0.1) is 17.8 Å². The van der Waals surface area contributed by atoms with Crippen molar-refractivity contribution in [2.24, 2.45) is 5.92 Å². The van der Waals surface area contributed by atoms with Crippen LogP contribution in [0.15, 0.2) is 30.6 Å². The van der Waals surface area contributed by atoms with Gasteiger partial charge in [0.05, 0.1) is 18.4 Å². The van der Waals surface area contributed by atoms with Crippen molar-refractivity contribution in [2.75, 3.05) is 65.7 Å². The van der Waals surface area contributed by atoms with Crippen molar-refractivity contribution in [2.45, 2.75) is 45.4 Å². The molecule has 13 heteroatoms. The number of carbonyl (C=O) groups is 1. The number of nitrogens with zero attached hydrogens (tertiary/aromatic N) is 5. The number of halogens is 1. The van der Waals surface area contributed by atoms with E-state index in [-0.39, 0.29) is 24.1 Å². The molecule has 44 heavy (non-hydrogen) atoms. The third-order valence-corrected chi connectivity index (χ3v) is 8.98. The maximum atomic E-state index is 14.5. The Balaban J connectivity index is 1.49. The fourth-order valence-corrected chi connectivity index (χ4v) is 7.04. The Morgan fingerprint density at radius 3 is 2.59 bits per heavy atom. The highest BCUT2D eigenvalue weighted by Crippen LogP contribution is 2.41. The number of amides is 1. The van der Waals surface area contributed by atoms with Crippen LogP contribution in [-0.2, 0) is 19.4 Å². The number of piperidine rings is 1. The van der Waals surface area contributed by atoms with E-state index in [4.69, 9.17) is 4.74 Å². The van der Waals surface area contributed by atoms with Crippen molar-refractivity contribution < 1.29 is 22.3 Å². The Bertz CT molecular complexity index is 1720. The molecule has 1 aromatic carbocycles. The fraction of sp³-hybridized carbons (Fsp3) is 0.484. The number of aromatic nitrogens is 3. The van der Waals surface area contributed by atoms with Gasteiger partial charge in [0.15, 0.2) is 0 Å². The molecule has 0 radical (unpaired) electrons. The van der Waals surface area contributed by atoms with Crippen LogP contribution in [-0.4, -0.2) is 86.9 Å². The number of pyridine rings is 1. The molecule has 2 aromatic heterocycles. The number of hydrogen-bond donors (Lipinski definition) is 2. The molecule has 2 saturated heterocycles. The summed E-state index contributed by atoms with van der Waals surface area (Å²) in [7, 11) is -1.57. The first-order valence-electron chi connectivity index (χ1n) is 14.6. The van der Waals surface area contributed by atoms with Crippen molar-refractivity contribution in [3.05, 3.63) is 36.2 Å². The quantitative estimate of drug-likeness (QED) is 0.339. The van der Waals surface area contributed by atoms with Gasteiger partial charge in [-0.15, -0.1) is 0 Å². The van der Waals surface area contributed by atoms with E-state index in [2.05, 4.69) is 56.2 Å². The highest BCUT2D eigenvalue weighted by atomic mass is 32.2. The van der Waals surface area contributed by atoms with Crippen molar-refractivity contribution in [1.82, 2.24) is 15.0 Å². The molecule has 3 aromatic rings. The van der Waals surface area contributed by atoms with Gasteiger partial charge in [-0.2, -0.15) is 4.98 Å². The lowest BCUT2D eigenvalue weighted by molar-refractivity contribution is -0.111. The van der Waals surface area contributed by atoms with Crippen LogP contribution in [0.2, 0.25) is 0 Å². The zero-order valence-corrected chi connectivity index (χ0v) is 26.4. The number of carbonyl (C=O) groups excluding carboxylic acids is 1. The van der Waals surface area contributed by atoms with E-state index < -0.39 is 28.0 Å². The molecule has 0 saturated carbocycles. The van der Waals surface area contributed by atoms with Crippen molar-refractivity contribution in [1.29, 1.82) is 0 Å². The molecular formula is C31H38FN7O4S. The second-order valence-electron chi connectivity index (χ2n) is 11.7. The van der Waals surface area contributed by atoms with Gasteiger partial charge in [0.25, 0.3) is 5.91 Å². The molecule has 2 aliphatic heterocycles. The van der Waals surface area contributed by atoms with Gasteiger partial charge in [-0.3, -0.25) is 4.79 Å². The molecule has 2 fully saturated rings. The normalized spacial score (nSPS) is 19.0. The summed E-state index contributed by atoms with van der Waals surface area (Å²) in [5.74, 6) is 6.43. The topological polar surface area (TPSA) is 130 Å². The summed E-state index contributed by atoms with van der Waals surface area (Å²) in [6.45, 7) is 7.60. The second-order valence-corrected chi connectivity index (χ2v) is 13.9. The summed E-state index contributed by atoms with van der Waals surface area (Å²) in [5.41, 5.74) is 2.42. The first-order valence-corrected chi connectivity index (χ1v) is 16.7. The van der Waals surface area contributed by atoms with E-state index in [1.807, 2.05) is 12.1 Å². The number of ether oxygens (including phenoxy) is 1. The zero-order chi connectivity index (χ0) is 31.6. The molecule has 2 atom stereocenters. The van der Waals surface area contributed by atoms with Gasteiger partial charge in [-0.05, 0) is 54.3 Å². The van der Waals surface area contributed by atoms with Gasteiger partial charge in [0.1, 0.15) is 27.6 Å². The summed E-state index contributed by atoms with van der Waals surface area (Å²) >= 11 is 0. The minimum atomic E-state index is -3.09. The lowest BCUT2D eigenvalue weighted by atomic mass is 9.91. The molecule has 0 aliphatic carbocycles. The SMILES string of the molecule is CC#CC(=O)Nc1cc(N2CC(CS(C)(=O)=O)C2)c2cnc(Nc3ccnc(N4CC[C@@H](OC)[C@@H](F)C4)n3)cc2c1C(C)C. The molecule has 2 aliphatic rings. The molecule has 11 nitrogen and oxygen atoms in total. The lowest BCUT2D eigenvalue weighted by Crippen LogP contribution is -2.49. The average molecular weight is 624 g/mol. The Morgan fingerprint density at radius 2 is 1.93 bits per heavy atom. The smallest absolute Gasteiger partial charge is 0.300 e. The Kier molecular flexibility index (Phi) is 9.22. The number of nitrogens with one attached hydrogen (secondary N) is 2. The first-order chi connectivity index (χ1) is 21.0. The summed E-state index contributed by atoms with van der Waals surface area (Å²) < 4.78 is 43.5. The van der Waals surface area contributed by atoms with Gasteiger partial charge in [-0.1, -0.05) is 19.8 Å². The number of alkyl halides is 1. The predicted octanol–water partition coefficient (Wildman–Crippen LogP) is 3.90. The molecule has 5 rings (SSSR count). The number of rotatable bonds is 9. The molecule has 0 spiro atoms. The Labute approximate surface area is 257 Å². The average Bonchev–Trinajstić information content (AvgIpc) is 2.94. The molecule has 4 heterocycles. The second kappa shape index (κ2) is 12.9. The van der Waals surface area contributed by atoms with Gasteiger partial charge in [-0.25, -0.2) is 22.8 Å². The van der Waals surface area contributed by atoms with Crippen LogP contribution in [0.25, 0.3) is 10.8 Å². The monoisotopic (exact) mass is 623 g/mol. The summed E-state index contributed by atoms with van der Waals surface area (Å²) in [4.78, 5) is 30.2. The maximum absolute atomic E-state index is 14.5. The lowest BCUT2D eigenvalue weighted by Gasteiger charge is -2.41. The van der Waals surface area contributed by atoms with Gasteiger partial charge >= 0.3 is 0 Å². The van der Waals surface area contributed by atoms with E-state index in [9.17, 15) is 17.6 Å². The van der Waals surface area contributed by atoms with E-state index in [1.165, 1.54) is 13.4 Å². The number of benzene rings is 1. The third kappa shape index (κ3) is 7.03.